The Morgan fingerprint density at radius 3 is 2.87 bits per heavy atom. The van der Waals surface area contributed by atoms with Crippen molar-refractivity contribution in [3.8, 4) is 0 Å². The maximum absolute atomic E-state index is 11.3. The Labute approximate surface area is 90.4 Å². The summed E-state index contributed by atoms with van der Waals surface area (Å²) >= 11 is 0. The average molecular weight is 231 g/mol. The number of hydrogen-bond acceptors (Lipinski definition) is 4. The Kier molecular flexibility index (Phi) is 4.28. The molecule has 15 heavy (non-hydrogen) atoms. The molecule has 0 fully saturated rings. The highest BCUT2D eigenvalue weighted by molar-refractivity contribution is 7.91. The van der Waals surface area contributed by atoms with Gasteiger partial charge in [0.15, 0.2) is 9.84 Å². The van der Waals surface area contributed by atoms with E-state index in [1.807, 2.05) is 13.2 Å². The van der Waals surface area contributed by atoms with E-state index in [-0.39, 0.29) is 11.5 Å². The second-order valence-electron chi connectivity index (χ2n) is 3.37. The topological polar surface area (TPSA) is 64.0 Å². The van der Waals surface area contributed by atoms with E-state index in [9.17, 15) is 8.42 Å². The first-order valence-corrected chi connectivity index (χ1v) is 6.75. The van der Waals surface area contributed by atoms with Crippen molar-refractivity contribution >= 4 is 9.84 Å². The molecule has 1 N–H and O–H groups in total. The van der Waals surface area contributed by atoms with Crippen molar-refractivity contribution in [1.29, 1.82) is 0 Å². The Bertz CT molecular complexity index is 397. The molecule has 1 aromatic rings. The van der Waals surface area contributed by atoms with E-state index in [4.69, 9.17) is 0 Å². The molecule has 0 radical (unpaired) electrons. The maximum Gasteiger partial charge on any atom is 0.151 e. The molecule has 5 nitrogen and oxygen atoms in total. The van der Waals surface area contributed by atoms with Gasteiger partial charge < -0.3 is 9.88 Å². The summed E-state index contributed by atoms with van der Waals surface area (Å²) in [6.45, 7) is 2.84. The van der Waals surface area contributed by atoms with Crippen molar-refractivity contribution in [2.24, 2.45) is 0 Å². The third kappa shape index (κ3) is 4.01. The van der Waals surface area contributed by atoms with Gasteiger partial charge in [-0.25, -0.2) is 13.4 Å². The van der Waals surface area contributed by atoms with Crippen LogP contribution in [0.4, 0.5) is 0 Å². The molecule has 0 bridgehead atoms. The number of aromatic nitrogens is 2. The second-order valence-corrected chi connectivity index (χ2v) is 5.84. The molecule has 0 saturated carbocycles. The van der Waals surface area contributed by atoms with Gasteiger partial charge >= 0.3 is 0 Å². The highest BCUT2D eigenvalue weighted by Gasteiger charge is 2.07. The van der Waals surface area contributed by atoms with Gasteiger partial charge in [-0.15, -0.1) is 0 Å². The van der Waals surface area contributed by atoms with Gasteiger partial charge in [0.1, 0.15) is 0 Å². The van der Waals surface area contributed by atoms with E-state index < -0.39 is 9.84 Å². The third-order valence-electron chi connectivity index (χ3n) is 2.14. The van der Waals surface area contributed by atoms with Gasteiger partial charge in [0, 0.05) is 25.0 Å². The summed E-state index contributed by atoms with van der Waals surface area (Å²) in [5.74, 6) is 0.379. The van der Waals surface area contributed by atoms with Crippen LogP contribution in [0.5, 0.6) is 0 Å². The number of rotatable bonds is 6. The molecule has 0 spiro atoms. The van der Waals surface area contributed by atoms with Crippen LogP contribution in [0.2, 0.25) is 0 Å². The lowest BCUT2D eigenvalue weighted by Crippen LogP contribution is -2.13. The van der Waals surface area contributed by atoms with Crippen LogP contribution < -0.4 is 5.32 Å². The summed E-state index contributed by atoms with van der Waals surface area (Å²) in [7, 11) is -1.04. The first-order chi connectivity index (χ1) is 7.07. The number of hydrogen-bond donors (Lipinski definition) is 1. The van der Waals surface area contributed by atoms with Gasteiger partial charge in [0.2, 0.25) is 0 Å². The summed E-state index contributed by atoms with van der Waals surface area (Å²) in [5, 5.41) is 2.99. The molecule has 0 aromatic carbocycles. The molecule has 86 valence electrons. The minimum atomic E-state index is -2.88. The summed E-state index contributed by atoms with van der Waals surface area (Å²) in [6, 6.07) is 0. The van der Waals surface area contributed by atoms with Crippen LogP contribution in [-0.4, -0.2) is 36.5 Å². The number of nitrogens with zero attached hydrogens (tertiary/aromatic N) is 2. The van der Waals surface area contributed by atoms with E-state index in [1.165, 1.54) is 0 Å². The van der Waals surface area contributed by atoms with E-state index in [0.29, 0.717) is 13.1 Å². The van der Waals surface area contributed by atoms with Crippen molar-refractivity contribution in [1.82, 2.24) is 14.9 Å². The summed E-state index contributed by atoms with van der Waals surface area (Å²) < 4.78 is 24.3. The van der Waals surface area contributed by atoms with Crippen molar-refractivity contribution in [3.63, 3.8) is 0 Å². The fourth-order valence-electron chi connectivity index (χ4n) is 1.19. The minimum absolute atomic E-state index is 0.179. The van der Waals surface area contributed by atoms with Gasteiger partial charge in [-0.3, -0.25) is 0 Å². The van der Waals surface area contributed by atoms with Crippen molar-refractivity contribution in [2.45, 2.75) is 20.0 Å². The molecular formula is C9H17N3O2S. The SMILES string of the molecule is CCS(=O)(=O)CCn1cnc(CNC)c1. The van der Waals surface area contributed by atoms with Gasteiger partial charge in [0.05, 0.1) is 17.8 Å². The molecule has 0 amide bonds. The lowest BCUT2D eigenvalue weighted by Gasteiger charge is -2.01. The third-order valence-corrected chi connectivity index (χ3v) is 3.83. The predicted molar refractivity (Wildman–Crippen MR) is 59.3 cm³/mol. The molecule has 0 atom stereocenters. The predicted octanol–water partition coefficient (Wildman–Crippen LogP) is 0.0372. The van der Waals surface area contributed by atoms with Gasteiger partial charge in [-0.1, -0.05) is 6.92 Å². The van der Waals surface area contributed by atoms with Gasteiger partial charge in [0.25, 0.3) is 0 Å². The van der Waals surface area contributed by atoms with Crippen molar-refractivity contribution in [2.75, 3.05) is 18.6 Å². The zero-order valence-corrected chi connectivity index (χ0v) is 9.92. The molecule has 0 saturated heterocycles. The number of nitrogens with one attached hydrogen (secondary N) is 1. The molecule has 1 heterocycles. The molecule has 1 rings (SSSR count). The summed E-state index contributed by atoms with van der Waals surface area (Å²) in [6.07, 6.45) is 3.53. The van der Waals surface area contributed by atoms with E-state index in [2.05, 4.69) is 10.3 Å². The fraction of sp³-hybridized carbons (Fsp3) is 0.667. The zero-order valence-electron chi connectivity index (χ0n) is 9.10. The molecular weight excluding hydrogens is 214 g/mol. The van der Waals surface area contributed by atoms with E-state index in [0.717, 1.165) is 5.69 Å². The second kappa shape index (κ2) is 5.27. The molecule has 0 unspecified atom stereocenters. The highest BCUT2D eigenvalue weighted by Crippen LogP contribution is 1.98. The van der Waals surface area contributed by atoms with Crippen molar-refractivity contribution < 1.29 is 8.42 Å². The normalized spacial score (nSPS) is 11.9. The van der Waals surface area contributed by atoms with Crippen LogP contribution in [0.1, 0.15) is 12.6 Å². The van der Waals surface area contributed by atoms with Crippen LogP contribution in [0.25, 0.3) is 0 Å². The van der Waals surface area contributed by atoms with Crippen LogP contribution >= 0.6 is 0 Å². The quantitative estimate of drug-likeness (QED) is 0.750. The van der Waals surface area contributed by atoms with Crippen molar-refractivity contribution in [3.05, 3.63) is 18.2 Å². The largest absolute Gasteiger partial charge is 0.336 e. The maximum atomic E-state index is 11.3. The molecule has 0 aliphatic heterocycles. The fourth-order valence-corrected chi connectivity index (χ4v) is 1.97. The lowest BCUT2D eigenvalue weighted by atomic mass is 10.5. The van der Waals surface area contributed by atoms with E-state index >= 15 is 0 Å². The first kappa shape index (κ1) is 12.2. The number of sulfone groups is 1. The van der Waals surface area contributed by atoms with Gasteiger partial charge in [-0.2, -0.15) is 0 Å². The lowest BCUT2D eigenvalue weighted by molar-refractivity contribution is 0.590. The van der Waals surface area contributed by atoms with Crippen LogP contribution in [0.15, 0.2) is 12.5 Å². The molecule has 6 heteroatoms. The van der Waals surface area contributed by atoms with Crippen LogP contribution in [-0.2, 0) is 22.9 Å². The van der Waals surface area contributed by atoms with Crippen LogP contribution in [0, 0.1) is 0 Å². The first-order valence-electron chi connectivity index (χ1n) is 4.93. The monoisotopic (exact) mass is 231 g/mol. The molecule has 0 aliphatic rings. The standard InChI is InChI=1S/C9H17N3O2S/c1-3-15(13,14)5-4-12-7-9(6-10-2)11-8-12/h7-8,10H,3-6H2,1-2H3. The number of imidazole rings is 1. The van der Waals surface area contributed by atoms with Gasteiger partial charge in [-0.05, 0) is 7.05 Å². The van der Waals surface area contributed by atoms with Crippen LogP contribution in [0.3, 0.4) is 0 Å². The summed E-state index contributed by atoms with van der Waals surface area (Å²) in [5.41, 5.74) is 0.923. The smallest absolute Gasteiger partial charge is 0.151 e. The zero-order chi connectivity index (χ0) is 11.3. The Hall–Kier alpha value is -0.880. The average Bonchev–Trinajstić information content (AvgIpc) is 2.64. The Morgan fingerprint density at radius 1 is 1.53 bits per heavy atom. The Balaban J connectivity index is 2.51. The Morgan fingerprint density at radius 2 is 2.27 bits per heavy atom. The molecule has 1 aromatic heterocycles. The number of aryl methyl sites for hydroxylation is 1. The molecule has 0 aliphatic carbocycles. The minimum Gasteiger partial charge on any atom is -0.336 e. The summed E-state index contributed by atoms with van der Waals surface area (Å²) in [4.78, 5) is 4.14. The highest BCUT2D eigenvalue weighted by atomic mass is 32.2. The van der Waals surface area contributed by atoms with E-state index in [1.54, 1.807) is 17.8 Å².